The van der Waals surface area contributed by atoms with Crippen LogP contribution in [-0.2, 0) is 13.2 Å². The quantitative estimate of drug-likeness (QED) is 0.570. The molecule has 30 heavy (non-hydrogen) atoms. The Balaban J connectivity index is 1.35. The average Bonchev–Trinajstić information content (AvgIpc) is 3.34. The highest BCUT2D eigenvalue weighted by atomic mass is 32.1. The van der Waals surface area contributed by atoms with E-state index in [1.54, 1.807) is 7.11 Å². The molecule has 6 heteroatoms. The number of amides is 1. The highest BCUT2D eigenvalue weighted by molar-refractivity contribution is 7.12. The standard InChI is InChI=1S/C24H26N2O3S/c1-28-21-10-9-20(16-22(21)29-18-19-6-3-2-4-7-19)17-25-11-13-26(14-12-25)24(27)23-8-5-15-30-23/h2-10,15-16H,11-14,17-18H2,1H3. The van der Waals surface area contributed by atoms with Crippen molar-refractivity contribution in [1.29, 1.82) is 0 Å². The largest absolute Gasteiger partial charge is 0.493 e. The molecule has 156 valence electrons. The monoisotopic (exact) mass is 422 g/mol. The minimum atomic E-state index is 0.144. The Hall–Kier alpha value is -2.83. The molecule has 0 aliphatic carbocycles. The maximum Gasteiger partial charge on any atom is 0.264 e. The summed E-state index contributed by atoms with van der Waals surface area (Å²) in [5.74, 6) is 1.64. The smallest absolute Gasteiger partial charge is 0.264 e. The zero-order valence-electron chi connectivity index (χ0n) is 17.1. The predicted octanol–water partition coefficient (Wildman–Crippen LogP) is 4.29. The Bertz CT molecular complexity index is 952. The second kappa shape index (κ2) is 9.78. The molecule has 0 atom stereocenters. The van der Waals surface area contributed by atoms with Gasteiger partial charge in [0.15, 0.2) is 11.5 Å². The van der Waals surface area contributed by atoms with Gasteiger partial charge in [-0.05, 0) is 34.7 Å². The summed E-state index contributed by atoms with van der Waals surface area (Å²) < 4.78 is 11.5. The Labute approximate surface area is 181 Å². The van der Waals surface area contributed by atoms with Gasteiger partial charge in [-0.25, -0.2) is 0 Å². The Morgan fingerprint density at radius 1 is 0.933 bits per heavy atom. The molecule has 2 aromatic carbocycles. The average molecular weight is 423 g/mol. The summed E-state index contributed by atoms with van der Waals surface area (Å²) >= 11 is 1.51. The van der Waals surface area contributed by atoms with Crippen LogP contribution in [0.2, 0.25) is 0 Å². The maximum atomic E-state index is 12.5. The number of carbonyl (C=O) groups excluding carboxylic acids is 1. The molecule has 1 aliphatic rings. The van der Waals surface area contributed by atoms with E-state index in [-0.39, 0.29) is 5.91 Å². The number of methoxy groups -OCH3 is 1. The van der Waals surface area contributed by atoms with E-state index in [1.165, 1.54) is 16.9 Å². The lowest BCUT2D eigenvalue weighted by Gasteiger charge is -2.34. The van der Waals surface area contributed by atoms with Gasteiger partial charge in [0.05, 0.1) is 12.0 Å². The van der Waals surface area contributed by atoms with Crippen molar-refractivity contribution in [2.45, 2.75) is 13.2 Å². The number of hydrogen-bond donors (Lipinski definition) is 0. The molecular weight excluding hydrogens is 396 g/mol. The highest BCUT2D eigenvalue weighted by Crippen LogP contribution is 2.29. The Kier molecular flexibility index (Phi) is 6.67. The SMILES string of the molecule is COc1ccc(CN2CCN(C(=O)c3cccs3)CC2)cc1OCc1ccccc1. The van der Waals surface area contributed by atoms with Gasteiger partial charge in [-0.2, -0.15) is 0 Å². The third-order valence-electron chi connectivity index (χ3n) is 5.26. The summed E-state index contributed by atoms with van der Waals surface area (Å²) in [5.41, 5.74) is 2.30. The molecular formula is C24H26N2O3S. The summed E-state index contributed by atoms with van der Waals surface area (Å²) in [6, 6.07) is 20.0. The summed E-state index contributed by atoms with van der Waals surface area (Å²) in [4.78, 5) is 17.7. The number of hydrogen-bond acceptors (Lipinski definition) is 5. The van der Waals surface area contributed by atoms with Gasteiger partial charge < -0.3 is 14.4 Å². The van der Waals surface area contributed by atoms with Gasteiger partial charge in [0, 0.05) is 32.7 Å². The van der Waals surface area contributed by atoms with Crippen LogP contribution in [0.1, 0.15) is 20.8 Å². The van der Waals surface area contributed by atoms with Crippen LogP contribution in [0.3, 0.4) is 0 Å². The van der Waals surface area contributed by atoms with E-state index in [4.69, 9.17) is 9.47 Å². The second-order valence-corrected chi connectivity index (χ2v) is 8.25. The molecule has 0 saturated carbocycles. The summed E-state index contributed by atoms with van der Waals surface area (Å²) in [6.07, 6.45) is 0. The van der Waals surface area contributed by atoms with E-state index in [0.717, 1.165) is 54.7 Å². The van der Waals surface area contributed by atoms with E-state index in [1.807, 2.05) is 58.8 Å². The minimum Gasteiger partial charge on any atom is -0.493 e. The third kappa shape index (κ3) is 5.01. The summed E-state index contributed by atoms with van der Waals surface area (Å²) in [5, 5.41) is 1.95. The van der Waals surface area contributed by atoms with Gasteiger partial charge in [0.1, 0.15) is 6.61 Å². The van der Waals surface area contributed by atoms with Gasteiger partial charge in [0.2, 0.25) is 0 Å². The fourth-order valence-electron chi connectivity index (χ4n) is 3.59. The first-order valence-electron chi connectivity index (χ1n) is 10.1. The van der Waals surface area contributed by atoms with Crippen LogP contribution < -0.4 is 9.47 Å². The summed E-state index contributed by atoms with van der Waals surface area (Å²) in [6.45, 7) is 4.57. The molecule has 5 nitrogen and oxygen atoms in total. The number of nitrogens with zero attached hydrogens (tertiary/aromatic N) is 2. The zero-order valence-corrected chi connectivity index (χ0v) is 17.9. The van der Waals surface area contributed by atoms with Crippen LogP contribution in [0.4, 0.5) is 0 Å². The Morgan fingerprint density at radius 3 is 2.43 bits per heavy atom. The van der Waals surface area contributed by atoms with E-state index in [9.17, 15) is 4.79 Å². The van der Waals surface area contributed by atoms with Gasteiger partial charge in [-0.3, -0.25) is 9.69 Å². The van der Waals surface area contributed by atoms with Gasteiger partial charge >= 0.3 is 0 Å². The van der Waals surface area contributed by atoms with Crippen LogP contribution in [0.25, 0.3) is 0 Å². The van der Waals surface area contributed by atoms with Crippen molar-refractivity contribution in [3.63, 3.8) is 0 Å². The van der Waals surface area contributed by atoms with E-state index in [0.29, 0.717) is 6.61 Å². The van der Waals surface area contributed by atoms with Crippen molar-refractivity contribution in [3.05, 3.63) is 82.0 Å². The van der Waals surface area contributed by atoms with Gasteiger partial charge in [-0.15, -0.1) is 11.3 Å². The molecule has 2 heterocycles. The van der Waals surface area contributed by atoms with Gasteiger partial charge in [0.25, 0.3) is 5.91 Å². The second-order valence-electron chi connectivity index (χ2n) is 7.31. The van der Waals surface area contributed by atoms with Crippen LogP contribution in [0.5, 0.6) is 11.5 Å². The van der Waals surface area contributed by atoms with Crippen LogP contribution in [-0.4, -0.2) is 49.0 Å². The molecule has 1 aliphatic heterocycles. The van der Waals surface area contributed by atoms with Crippen molar-refractivity contribution in [2.75, 3.05) is 33.3 Å². The number of piperazine rings is 1. The lowest BCUT2D eigenvalue weighted by molar-refractivity contribution is 0.0633. The molecule has 0 unspecified atom stereocenters. The number of ether oxygens (including phenoxy) is 2. The molecule has 4 rings (SSSR count). The van der Waals surface area contributed by atoms with Crippen LogP contribution >= 0.6 is 11.3 Å². The lowest BCUT2D eigenvalue weighted by Crippen LogP contribution is -2.48. The zero-order chi connectivity index (χ0) is 20.8. The first-order valence-corrected chi connectivity index (χ1v) is 11.0. The molecule has 1 aromatic heterocycles. The molecule has 1 amide bonds. The number of carbonyl (C=O) groups is 1. The molecule has 0 bridgehead atoms. The first kappa shape index (κ1) is 20.4. The van der Waals surface area contributed by atoms with Crippen LogP contribution in [0.15, 0.2) is 66.0 Å². The summed E-state index contributed by atoms with van der Waals surface area (Å²) in [7, 11) is 1.66. The first-order chi connectivity index (χ1) is 14.7. The normalized spacial score (nSPS) is 14.5. The fraction of sp³-hybridized carbons (Fsp3) is 0.292. The van der Waals surface area contributed by atoms with E-state index in [2.05, 4.69) is 17.0 Å². The fourth-order valence-corrected chi connectivity index (χ4v) is 4.28. The van der Waals surface area contributed by atoms with E-state index >= 15 is 0 Å². The minimum absolute atomic E-state index is 0.144. The molecule has 0 spiro atoms. The van der Waals surface area contributed by atoms with Crippen molar-refractivity contribution in [2.24, 2.45) is 0 Å². The molecule has 3 aromatic rings. The highest BCUT2D eigenvalue weighted by Gasteiger charge is 2.23. The lowest BCUT2D eigenvalue weighted by atomic mass is 10.1. The van der Waals surface area contributed by atoms with E-state index < -0.39 is 0 Å². The number of thiophene rings is 1. The molecule has 1 fully saturated rings. The number of benzene rings is 2. The maximum absolute atomic E-state index is 12.5. The molecule has 0 N–H and O–H groups in total. The molecule has 1 saturated heterocycles. The topological polar surface area (TPSA) is 42.0 Å². The van der Waals surface area contributed by atoms with Crippen LogP contribution in [0, 0.1) is 0 Å². The van der Waals surface area contributed by atoms with Crippen molar-refractivity contribution in [3.8, 4) is 11.5 Å². The van der Waals surface area contributed by atoms with Crippen molar-refractivity contribution < 1.29 is 14.3 Å². The van der Waals surface area contributed by atoms with Gasteiger partial charge in [-0.1, -0.05) is 42.5 Å². The third-order valence-corrected chi connectivity index (χ3v) is 6.12. The van der Waals surface area contributed by atoms with Crippen molar-refractivity contribution in [1.82, 2.24) is 9.80 Å². The Morgan fingerprint density at radius 2 is 1.73 bits per heavy atom. The number of rotatable bonds is 7. The van der Waals surface area contributed by atoms with Crippen molar-refractivity contribution >= 4 is 17.2 Å². The molecule has 0 radical (unpaired) electrons. The predicted molar refractivity (Wildman–Crippen MR) is 119 cm³/mol.